The Kier molecular flexibility index (Phi) is 8.25. The number of nitrogens with two attached hydrogens (primary N) is 1. The maximum Gasteiger partial charge on any atom is 0.311 e. The van der Waals surface area contributed by atoms with Gasteiger partial charge in [-0.05, 0) is 123 Å². The Balaban J connectivity index is 1.30. The Morgan fingerprint density at radius 3 is 2.28 bits per heavy atom. The predicted octanol–water partition coefficient (Wildman–Crippen LogP) is 6.43. The third-order valence-electron chi connectivity index (χ3n) is 15.5. The first-order valence-electron chi connectivity index (χ1n) is 18.1. The molecule has 6 rings (SSSR count). The van der Waals surface area contributed by atoms with Crippen molar-refractivity contribution >= 4 is 17.7 Å². The predicted molar refractivity (Wildman–Crippen MR) is 174 cm³/mol. The quantitative estimate of drug-likeness (QED) is 0.231. The molecule has 5 saturated carbocycles. The van der Waals surface area contributed by atoms with Crippen LogP contribution in [-0.2, 0) is 23.9 Å². The number of aliphatic hydroxyl groups excluding tert-OH is 1. The van der Waals surface area contributed by atoms with Crippen molar-refractivity contribution in [3.63, 3.8) is 0 Å². The lowest BCUT2D eigenvalue weighted by atomic mass is 9.35. The zero-order chi connectivity index (χ0) is 33.7. The monoisotopic (exact) mass is 641 g/mol. The number of carbonyl (C=O) groups is 3. The summed E-state index contributed by atoms with van der Waals surface area (Å²) in [7, 11) is 1.47. The molecule has 6 aliphatic rings. The first kappa shape index (κ1) is 34.1. The van der Waals surface area contributed by atoms with Crippen LogP contribution in [0.4, 0.5) is 0 Å². The number of methoxy groups -OCH3 is 1. The molecule has 8 nitrogen and oxygen atoms in total. The van der Waals surface area contributed by atoms with Crippen molar-refractivity contribution in [2.75, 3.05) is 7.11 Å². The van der Waals surface area contributed by atoms with Crippen molar-refractivity contribution in [1.29, 1.82) is 0 Å². The van der Waals surface area contributed by atoms with E-state index in [1.165, 1.54) is 7.11 Å². The molecule has 0 bridgehead atoms. The second-order valence-electron chi connectivity index (χ2n) is 18.2. The van der Waals surface area contributed by atoms with Crippen molar-refractivity contribution < 1.29 is 34.1 Å². The molecule has 0 saturated heterocycles. The lowest BCUT2D eigenvalue weighted by Gasteiger charge is -2.70. The van der Waals surface area contributed by atoms with Crippen LogP contribution in [0, 0.1) is 56.7 Å². The summed E-state index contributed by atoms with van der Waals surface area (Å²) in [5.41, 5.74) is 6.52. The van der Waals surface area contributed by atoms with E-state index in [4.69, 9.17) is 15.2 Å². The molecule has 0 aromatic heterocycles. The molecule has 0 heterocycles. The molecule has 258 valence electrons. The molecule has 0 aliphatic heterocycles. The minimum absolute atomic E-state index is 0.00300. The number of rotatable bonds is 5. The topological polar surface area (TPSA) is 136 Å². The van der Waals surface area contributed by atoms with Crippen LogP contribution in [0.25, 0.3) is 0 Å². The van der Waals surface area contributed by atoms with E-state index >= 15 is 0 Å². The Morgan fingerprint density at radius 2 is 1.61 bits per heavy atom. The number of carboxylic acid groups (broad SMARTS) is 1. The maximum absolute atomic E-state index is 14.6. The Labute approximate surface area is 275 Å². The summed E-state index contributed by atoms with van der Waals surface area (Å²) >= 11 is 0. The minimum Gasteiger partial charge on any atom is -0.481 e. The van der Waals surface area contributed by atoms with Crippen LogP contribution < -0.4 is 5.73 Å². The van der Waals surface area contributed by atoms with E-state index < -0.39 is 40.5 Å². The standard InChI is InChI=1S/C38H59NO7/c1-33(2)27-12-15-37(6)29(36(27,5)14-13-28(33)46-31(43)23-11-9-8-10-22(23)30(41)42)26(40)20-24-25-21-35(4,32(44)45-7)17-16-34(25,3)18-19-38(24,37)39/h20,22-23,25,27-29,31,43H,8-19,21,39H2,1-7H3,(H,41,42)/t22-,23-,25+,27+,28+,29-,31?,34-,35+,36+,37-,38+/m1/s1. The normalized spacial score (nSPS) is 48.9. The Bertz CT molecular complexity index is 1310. The van der Waals surface area contributed by atoms with Crippen molar-refractivity contribution in [2.24, 2.45) is 62.4 Å². The fourth-order valence-corrected chi connectivity index (χ4v) is 12.6. The number of aliphatic carboxylic acids is 1. The van der Waals surface area contributed by atoms with Crippen molar-refractivity contribution in [1.82, 2.24) is 0 Å². The molecule has 0 aromatic rings. The summed E-state index contributed by atoms with van der Waals surface area (Å²) in [5, 5.41) is 21.1. The van der Waals surface area contributed by atoms with Gasteiger partial charge in [-0.2, -0.15) is 0 Å². The number of aliphatic hydroxyl groups is 1. The number of ether oxygens (including phenoxy) is 2. The zero-order valence-electron chi connectivity index (χ0n) is 29.3. The van der Waals surface area contributed by atoms with Crippen molar-refractivity contribution in [3.8, 4) is 0 Å². The van der Waals surface area contributed by atoms with Crippen LogP contribution in [0.1, 0.15) is 125 Å². The van der Waals surface area contributed by atoms with Gasteiger partial charge in [0.15, 0.2) is 12.1 Å². The number of hydrogen-bond acceptors (Lipinski definition) is 7. The van der Waals surface area contributed by atoms with Gasteiger partial charge in [-0.25, -0.2) is 0 Å². The second-order valence-corrected chi connectivity index (χ2v) is 18.2. The first-order chi connectivity index (χ1) is 21.4. The highest BCUT2D eigenvalue weighted by Gasteiger charge is 2.71. The van der Waals surface area contributed by atoms with Crippen molar-refractivity contribution in [3.05, 3.63) is 11.6 Å². The van der Waals surface area contributed by atoms with Gasteiger partial charge in [0.05, 0.1) is 24.5 Å². The lowest BCUT2D eigenvalue weighted by Crippen LogP contribution is -2.72. The maximum atomic E-state index is 14.6. The molecule has 8 heteroatoms. The average Bonchev–Trinajstić information content (AvgIpc) is 2.99. The van der Waals surface area contributed by atoms with E-state index in [0.717, 1.165) is 63.4 Å². The van der Waals surface area contributed by atoms with Gasteiger partial charge in [0.2, 0.25) is 0 Å². The van der Waals surface area contributed by atoms with Gasteiger partial charge in [0.1, 0.15) is 0 Å². The van der Waals surface area contributed by atoms with E-state index in [1.54, 1.807) is 0 Å². The molecule has 0 aromatic carbocycles. The molecular weight excluding hydrogens is 582 g/mol. The largest absolute Gasteiger partial charge is 0.481 e. The molecule has 0 radical (unpaired) electrons. The second kappa shape index (κ2) is 11.1. The zero-order valence-corrected chi connectivity index (χ0v) is 29.3. The molecule has 46 heavy (non-hydrogen) atoms. The highest BCUT2D eigenvalue weighted by molar-refractivity contribution is 5.96. The fraction of sp³-hybridized carbons (Fsp3) is 0.868. The lowest BCUT2D eigenvalue weighted by molar-refractivity contribution is -0.250. The highest BCUT2D eigenvalue weighted by Crippen LogP contribution is 2.72. The summed E-state index contributed by atoms with van der Waals surface area (Å²) in [4.78, 5) is 39.6. The molecule has 6 aliphatic carbocycles. The summed E-state index contributed by atoms with van der Waals surface area (Å²) < 4.78 is 11.7. The van der Waals surface area contributed by atoms with Gasteiger partial charge in [-0.1, -0.05) is 47.5 Å². The van der Waals surface area contributed by atoms with Crippen LogP contribution in [0.15, 0.2) is 11.6 Å². The summed E-state index contributed by atoms with van der Waals surface area (Å²) in [6.07, 6.45) is 11.0. The van der Waals surface area contributed by atoms with Gasteiger partial charge in [0.25, 0.3) is 0 Å². The Hall–Kier alpha value is -1.77. The van der Waals surface area contributed by atoms with Crippen molar-refractivity contribution in [2.45, 2.75) is 143 Å². The third-order valence-corrected chi connectivity index (χ3v) is 15.5. The number of ketones is 1. The minimum atomic E-state index is -1.11. The van der Waals surface area contributed by atoms with Gasteiger partial charge in [-0.3, -0.25) is 14.4 Å². The third kappa shape index (κ3) is 4.73. The van der Waals surface area contributed by atoms with Gasteiger partial charge >= 0.3 is 11.9 Å². The number of hydrogen-bond donors (Lipinski definition) is 3. The van der Waals surface area contributed by atoms with Crippen LogP contribution >= 0.6 is 0 Å². The van der Waals surface area contributed by atoms with E-state index in [1.807, 2.05) is 13.0 Å². The molecule has 0 spiro atoms. The van der Waals surface area contributed by atoms with Crippen LogP contribution in [0.2, 0.25) is 0 Å². The Morgan fingerprint density at radius 1 is 0.935 bits per heavy atom. The summed E-state index contributed by atoms with van der Waals surface area (Å²) in [5.74, 6) is -1.80. The van der Waals surface area contributed by atoms with Gasteiger partial charge in [0, 0.05) is 17.4 Å². The molecule has 4 N–H and O–H groups in total. The van der Waals surface area contributed by atoms with E-state index in [2.05, 4.69) is 34.6 Å². The fourth-order valence-electron chi connectivity index (χ4n) is 12.6. The van der Waals surface area contributed by atoms with Gasteiger partial charge < -0.3 is 25.4 Å². The summed E-state index contributed by atoms with van der Waals surface area (Å²) in [6.45, 7) is 13.4. The number of carboxylic acids is 1. The number of allylic oxidation sites excluding steroid dienone is 1. The number of carbonyl (C=O) groups excluding carboxylic acids is 2. The average molecular weight is 642 g/mol. The first-order valence-corrected chi connectivity index (χ1v) is 18.1. The number of fused-ring (bicyclic) bond motifs is 7. The van der Waals surface area contributed by atoms with E-state index in [0.29, 0.717) is 25.7 Å². The SMILES string of the molecule is COC(=O)[C@@]1(C)CC[C@]2(C)CC[C@]3(N)C(=CC(=O)[C@@H]4[C@@]5(C)CC[C@H](OC(O)[C@@H]6CCCC[C@H]6C(=O)O)C(C)(C)[C@@H]5CC[C@]43C)[C@@H]2C1. The molecular formula is C38H59NO7. The van der Waals surface area contributed by atoms with Crippen LogP contribution in [0.3, 0.4) is 0 Å². The van der Waals surface area contributed by atoms with E-state index in [9.17, 15) is 24.6 Å². The van der Waals surface area contributed by atoms with Crippen LogP contribution in [-0.4, -0.2) is 53.0 Å². The molecule has 1 unspecified atom stereocenters. The number of esters is 1. The van der Waals surface area contributed by atoms with Crippen LogP contribution in [0.5, 0.6) is 0 Å². The molecule has 12 atom stereocenters. The smallest absolute Gasteiger partial charge is 0.311 e. The van der Waals surface area contributed by atoms with Gasteiger partial charge in [-0.15, -0.1) is 0 Å². The summed E-state index contributed by atoms with van der Waals surface area (Å²) in [6, 6.07) is 0. The molecule has 0 amide bonds. The highest BCUT2D eigenvalue weighted by atomic mass is 16.6. The van der Waals surface area contributed by atoms with E-state index in [-0.39, 0.29) is 51.9 Å². The molecule has 5 fully saturated rings.